The molecule has 0 aliphatic rings. The van der Waals surface area contributed by atoms with Gasteiger partial charge in [0.05, 0.1) is 22.8 Å². The van der Waals surface area contributed by atoms with E-state index in [1.165, 1.54) is 5.56 Å². The highest BCUT2D eigenvalue weighted by Crippen LogP contribution is 2.38. The highest BCUT2D eigenvalue weighted by Gasteiger charge is 2.19. The highest BCUT2D eigenvalue weighted by molar-refractivity contribution is 6.10. The second kappa shape index (κ2) is 7.42. The van der Waals surface area contributed by atoms with Crippen LogP contribution in [-0.2, 0) is 0 Å². The Morgan fingerprint density at radius 1 is 0.676 bits per heavy atom. The van der Waals surface area contributed by atoms with Crippen LogP contribution in [0.2, 0.25) is 0 Å². The van der Waals surface area contributed by atoms with Crippen molar-refractivity contribution in [3.05, 3.63) is 116 Å². The first-order valence-corrected chi connectivity index (χ1v) is 11.3. The van der Waals surface area contributed by atoms with E-state index in [-0.39, 0.29) is 0 Å². The minimum atomic E-state index is 0.835. The summed E-state index contributed by atoms with van der Waals surface area (Å²) in [6, 6.07) is 35.3. The monoisotopic (exact) mass is 437 g/mol. The first-order valence-electron chi connectivity index (χ1n) is 11.3. The summed E-state index contributed by atoms with van der Waals surface area (Å²) < 4.78 is 8.67. The van der Waals surface area contributed by atoms with Crippen LogP contribution in [0.15, 0.2) is 120 Å². The highest BCUT2D eigenvalue weighted by atomic mass is 16.3. The topological polar surface area (TPSA) is 43.9 Å². The van der Waals surface area contributed by atoms with Crippen LogP contribution in [0.4, 0.5) is 0 Å². The van der Waals surface area contributed by atoms with Gasteiger partial charge in [-0.1, -0.05) is 66.7 Å². The fourth-order valence-corrected chi connectivity index (χ4v) is 4.73. The number of furan rings is 1. The van der Waals surface area contributed by atoms with E-state index < -0.39 is 0 Å². The Labute approximate surface area is 195 Å². The number of hydrogen-bond donors (Lipinski definition) is 0. The van der Waals surface area contributed by atoms with Crippen LogP contribution in [0.25, 0.3) is 61.2 Å². The lowest BCUT2D eigenvalue weighted by atomic mass is 10.0. The summed E-state index contributed by atoms with van der Waals surface area (Å²) in [6.07, 6.45) is 3.64. The van der Waals surface area contributed by atoms with Gasteiger partial charge in [0.25, 0.3) is 0 Å². The van der Waals surface area contributed by atoms with Gasteiger partial charge in [-0.15, -0.1) is 0 Å². The molecule has 0 atom stereocenters. The fraction of sp³-hybridized carbons (Fsp3) is 0. The van der Waals surface area contributed by atoms with Crippen molar-refractivity contribution in [3.8, 4) is 28.2 Å². The second-order valence-corrected chi connectivity index (χ2v) is 8.33. The van der Waals surface area contributed by atoms with Crippen molar-refractivity contribution in [1.29, 1.82) is 0 Å². The predicted molar refractivity (Wildman–Crippen MR) is 137 cm³/mol. The Morgan fingerprint density at radius 3 is 2.35 bits per heavy atom. The lowest BCUT2D eigenvalue weighted by Gasteiger charge is -2.09. The second-order valence-electron chi connectivity index (χ2n) is 8.33. The molecule has 0 aliphatic carbocycles. The van der Waals surface area contributed by atoms with Crippen molar-refractivity contribution in [2.45, 2.75) is 0 Å². The van der Waals surface area contributed by atoms with E-state index in [2.05, 4.69) is 82.3 Å². The van der Waals surface area contributed by atoms with Crippen molar-refractivity contribution in [2.24, 2.45) is 0 Å². The number of pyridine rings is 1. The third-order valence-electron chi connectivity index (χ3n) is 6.32. The van der Waals surface area contributed by atoms with E-state index in [9.17, 15) is 0 Å². The summed E-state index contributed by atoms with van der Waals surface area (Å²) in [5.74, 6) is 0.835. The van der Waals surface area contributed by atoms with Gasteiger partial charge < -0.3 is 4.42 Å². The normalized spacial score (nSPS) is 11.5. The molecule has 4 aromatic carbocycles. The molecular weight excluding hydrogens is 418 g/mol. The third kappa shape index (κ3) is 2.86. The van der Waals surface area contributed by atoms with Crippen LogP contribution < -0.4 is 0 Å². The molecule has 0 aliphatic heterocycles. The Balaban J connectivity index is 1.50. The maximum absolute atomic E-state index is 6.52. The van der Waals surface area contributed by atoms with Gasteiger partial charge in [-0.25, -0.2) is 4.98 Å². The predicted octanol–water partition coefficient (Wildman–Crippen LogP) is 7.65. The van der Waals surface area contributed by atoms with Gasteiger partial charge in [-0.05, 0) is 47.5 Å². The zero-order valence-electron chi connectivity index (χ0n) is 18.2. The molecule has 0 saturated heterocycles. The molecule has 0 unspecified atom stereocenters. The van der Waals surface area contributed by atoms with Crippen LogP contribution >= 0.6 is 0 Å². The summed E-state index contributed by atoms with van der Waals surface area (Å²) in [7, 11) is 0. The molecule has 4 nitrogen and oxygen atoms in total. The number of aromatic nitrogens is 3. The summed E-state index contributed by atoms with van der Waals surface area (Å²) in [6.45, 7) is 0. The van der Waals surface area contributed by atoms with Gasteiger partial charge >= 0.3 is 0 Å². The Bertz CT molecular complexity index is 1800. The van der Waals surface area contributed by atoms with Crippen molar-refractivity contribution in [3.63, 3.8) is 0 Å². The van der Waals surface area contributed by atoms with E-state index in [4.69, 9.17) is 9.40 Å². The summed E-state index contributed by atoms with van der Waals surface area (Å²) in [5.41, 5.74) is 7.86. The van der Waals surface area contributed by atoms with Crippen molar-refractivity contribution >= 4 is 33.0 Å². The number of fused-ring (bicyclic) bond motifs is 4. The molecule has 7 rings (SSSR count). The Morgan fingerprint density at radius 2 is 1.50 bits per heavy atom. The molecule has 0 N–H and O–H groups in total. The van der Waals surface area contributed by atoms with Crippen molar-refractivity contribution < 1.29 is 4.42 Å². The van der Waals surface area contributed by atoms with E-state index >= 15 is 0 Å². The third-order valence-corrected chi connectivity index (χ3v) is 6.32. The molecule has 0 fully saturated rings. The van der Waals surface area contributed by atoms with Crippen molar-refractivity contribution in [1.82, 2.24) is 14.5 Å². The number of para-hydroxylation sites is 2. The Kier molecular flexibility index (Phi) is 4.11. The Hall–Kier alpha value is -4.70. The summed E-state index contributed by atoms with van der Waals surface area (Å²) >= 11 is 0. The molecule has 0 radical (unpaired) electrons. The van der Waals surface area contributed by atoms with Gasteiger partial charge in [0.15, 0.2) is 0 Å². The van der Waals surface area contributed by atoms with E-state index in [1.54, 1.807) is 6.20 Å². The van der Waals surface area contributed by atoms with Crippen molar-refractivity contribution in [2.75, 3.05) is 0 Å². The number of imidazole rings is 1. The smallest absolute Gasteiger partial charge is 0.149 e. The van der Waals surface area contributed by atoms with Gasteiger partial charge in [-0.3, -0.25) is 9.55 Å². The maximum atomic E-state index is 6.52. The molecule has 160 valence electrons. The standard InChI is InChI=1S/C30H19N3O/c1-3-8-20(9-4-1)21-14-15-23-24-12-7-13-25(29(24)34-28(23)18-21)30-32-26-16-17-31-19-27(26)33(30)22-10-5-2-6-11-22/h1-19H. The lowest BCUT2D eigenvalue weighted by Crippen LogP contribution is -1.97. The molecule has 0 saturated carbocycles. The molecule has 4 heteroatoms. The summed E-state index contributed by atoms with van der Waals surface area (Å²) in [4.78, 5) is 9.37. The largest absolute Gasteiger partial charge is 0.455 e. The number of rotatable bonds is 3. The number of hydrogen-bond acceptors (Lipinski definition) is 3. The van der Waals surface area contributed by atoms with Crippen LogP contribution in [0, 0.1) is 0 Å². The molecule has 7 aromatic rings. The average Bonchev–Trinajstić information content (AvgIpc) is 3.48. The quantitative estimate of drug-likeness (QED) is 0.285. The van der Waals surface area contributed by atoms with Gasteiger partial charge in [0.2, 0.25) is 0 Å². The van der Waals surface area contributed by atoms with Crippen LogP contribution in [-0.4, -0.2) is 14.5 Å². The van der Waals surface area contributed by atoms with E-state index in [0.717, 1.165) is 55.6 Å². The molecule has 0 amide bonds. The van der Waals surface area contributed by atoms with Crippen LogP contribution in [0.1, 0.15) is 0 Å². The van der Waals surface area contributed by atoms with Crippen LogP contribution in [0.5, 0.6) is 0 Å². The zero-order valence-corrected chi connectivity index (χ0v) is 18.2. The molecule has 34 heavy (non-hydrogen) atoms. The molecule has 3 aromatic heterocycles. The van der Waals surface area contributed by atoms with E-state index in [1.807, 2.05) is 36.5 Å². The molecule has 0 spiro atoms. The van der Waals surface area contributed by atoms with Gasteiger partial charge in [0, 0.05) is 22.7 Å². The first-order chi connectivity index (χ1) is 16.9. The zero-order chi connectivity index (χ0) is 22.5. The summed E-state index contributed by atoms with van der Waals surface area (Å²) in [5, 5.41) is 2.18. The maximum Gasteiger partial charge on any atom is 0.149 e. The number of benzene rings is 4. The van der Waals surface area contributed by atoms with Crippen LogP contribution in [0.3, 0.4) is 0 Å². The number of nitrogens with zero attached hydrogens (tertiary/aromatic N) is 3. The first kappa shape index (κ1) is 18.8. The fourth-order valence-electron chi connectivity index (χ4n) is 4.73. The van der Waals surface area contributed by atoms with Gasteiger partial charge in [0.1, 0.15) is 17.0 Å². The minimum Gasteiger partial charge on any atom is -0.455 e. The average molecular weight is 438 g/mol. The molecule has 3 heterocycles. The molecule has 0 bridgehead atoms. The SMILES string of the molecule is c1ccc(-c2ccc3c(c2)oc2c(-c4nc5ccncc5n4-c4ccccc4)cccc23)cc1. The minimum absolute atomic E-state index is 0.835. The molecular formula is C30H19N3O. The van der Waals surface area contributed by atoms with Gasteiger partial charge in [-0.2, -0.15) is 0 Å². The lowest BCUT2D eigenvalue weighted by molar-refractivity contribution is 0.669. The van der Waals surface area contributed by atoms with E-state index in [0.29, 0.717) is 0 Å².